The second-order valence-electron chi connectivity index (χ2n) is 5.12. The maximum Gasteiger partial charge on any atom is 0.134 e. The fourth-order valence-corrected chi connectivity index (χ4v) is 2.91. The Bertz CT molecular complexity index is 411. The van der Waals surface area contributed by atoms with Crippen LogP contribution in [0.3, 0.4) is 0 Å². The van der Waals surface area contributed by atoms with Crippen LogP contribution >= 0.6 is 15.9 Å². The number of piperidine rings is 1. The minimum atomic E-state index is 0.350. The molecule has 0 bridgehead atoms. The molecule has 19 heavy (non-hydrogen) atoms. The van der Waals surface area contributed by atoms with E-state index in [1.807, 2.05) is 18.2 Å². The number of nitrogens with zero attached hydrogens (tertiary/aromatic N) is 1. The van der Waals surface area contributed by atoms with E-state index in [0.717, 1.165) is 49.1 Å². The SMILES string of the molecule is CCCOC1CCCN(Cc2cccc(Br)c2O)C1. The van der Waals surface area contributed by atoms with Gasteiger partial charge in [-0.05, 0) is 47.8 Å². The summed E-state index contributed by atoms with van der Waals surface area (Å²) in [5.41, 5.74) is 0.977. The zero-order valence-corrected chi connectivity index (χ0v) is 13.0. The average Bonchev–Trinajstić information content (AvgIpc) is 2.42. The van der Waals surface area contributed by atoms with Gasteiger partial charge in [-0.25, -0.2) is 0 Å². The molecule has 1 fully saturated rings. The average molecular weight is 328 g/mol. The first-order valence-electron chi connectivity index (χ1n) is 7.01. The quantitative estimate of drug-likeness (QED) is 0.897. The van der Waals surface area contributed by atoms with Crippen molar-refractivity contribution in [3.63, 3.8) is 0 Å². The zero-order chi connectivity index (χ0) is 13.7. The largest absolute Gasteiger partial charge is 0.506 e. The van der Waals surface area contributed by atoms with Gasteiger partial charge in [-0.2, -0.15) is 0 Å². The Labute approximate surface area is 123 Å². The highest BCUT2D eigenvalue weighted by Crippen LogP contribution is 2.29. The van der Waals surface area contributed by atoms with Crippen molar-refractivity contribution in [3.05, 3.63) is 28.2 Å². The summed E-state index contributed by atoms with van der Waals surface area (Å²) in [7, 11) is 0. The van der Waals surface area contributed by atoms with Crippen molar-refractivity contribution >= 4 is 15.9 Å². The van der Waals surface area contributed by atoms with Crippen LogP contribution in [0.25, 0.3) is 0 Å². The molecule has 1 aromatic carbocycles. The topological polar surface area (TPSA) is 32.7 Å². The monoisotopic (exact) mass is 327 g/mol. The lowest BCUT2D eigenvalue weighted by molar-refractivity contribution is -0.00239. The Morgan fingerprint density at radius 2 is 2.32 bits per heavy atom. The van der Waals surface area contributed by atoms with Gasteiger partial charge in [0.15, 0.2) is 0 Å². The van der Waals surface area contributed by atoms with Crippen LogP contribution in [0.2, 0.25) is 0 Å². The third-order valence-electron chi connectivity index (χ3n) is 3.48. The van der Waals surface area contributed by atoms with Gasteiger partial charge in [0.25, 0.3) is 0 Å². The molecule has 1 atom stereocenters. The Morgan fingerprint density at radius 1 is 1.47 bits per heavy atom. The molecule has 1 heterocycles. The smallest absolute Gasteiger partial charge is 0.134 e. The van der Waals surface area contributed by atoms with Gasteiger partial charge in [0.1, 0.15) is 5.75 Å². The summed E-state index contributed by atoms with van der Waals surface area (Å²) >= 11 is 3.36. The molecule has 4 heteroatoms. The second kappa shape index (κ2) is 7.27. The van der Waals surface area contributed by atoms with E-state index in [9.17, 15) is 5.11 Å². The van der Waals surface area contributed by atoms with Crippen LogP contribution in [-0.2, 0) is 11.3 Å². The van der Waals surface area contributed by atoms with E-state index in [1.165, 1.54) is 6.42 Å². The second-order valence-corrected chi connectivity index (χ2v) is 5.97. The van der Waals surface area contributed by atoms with Crippen molar-refractivity contribution in [1.82, 2.24) is 4.90 Å². The van der Waals surface area contributed by atoms with Gasteiger partial charge < -0.3 is 9.84 Å². The van der Waals surface area contributed by atoms with Crippen molar-refractivity contribution < 1.29 is 9.84 Å². The Balaban J connectivity index is 1.93. The number of benzene rings is 1. The summed E-state index contributed by atoms with van der Waals surface area (Å²) in [6, 6.07) is 5.81. The Hall–Kier alpha value is -0.580. The summed E-state index contributed by atoms with van der Waals surface area (Å²) in [4.78, 5) is 2.37. The lowest BCUT2D eigenvalue weighted by atomic mass is 10.1. The molecule has 1 aliphatic heterocycles. The standard InChI is InChI=1S/C15H22BrNO2/c1-2-9-19-13-6-4-8-17(11-13)10-12-5-3-7-14(16)15(12)18/h3,5,7,13,18H,2,4,6,8-11H2,1H3. The summed E-state index contributed by atoms with van der Waals surface area (Å²) in [6.07, 6.45) is 3.75. The third-order valence-corrected chi connectivity index (χ3v) is 4.12. The number of aromatic hydroxyl groups is 1. The number of phenols is 1. The molecule has 1 aromatic rings. The van der Waals surface area contributed by atoms with Crippen LogP contribution < -0.4 is 0 Å². The fourth-order valence-electron chi connectivity index (χ4n) is 2.51. The summed E-state index contributed by atoms with van der Waals surface area (Å²) in [6.45, 7) is 5.82. The maximum atomic E-state index is 10.0. The minimum absolute atomic E-state index is 0.350. The molecule has 1 saturated heterocycles. The molecule has 1 N–H and O–H groups in total. The van der Waals surface area contributed by atoms with E-state index < -0.39 is 0 Å². The molecule has 1 unspecified atom stereocenters. The first-order valence-corrected chi connectivity index (χ1v) is 7.80. The number of ether oxygens (including phenoxy) is 1. The molecule has 0 spiro atoms. The Morgan fingerprint density at radius 3 is 3.11 bits per heavy atom. The van der Waals surface area contributed by atoms with E-state index in [4.69, 9.17) is 4.74 Å². The molecule has 0 radical (unpaired) electrons. The number of likely N-dealkylation sites (tertiary alicyclic amines) is 1. The van der Waals surface area contributed by atoms with Crippen molar-refractivity contribution in [1.29, 1.82) is 0 Å². The zero-order valence-electron chi connectivity index (χ0n) is 11.4. The first-order chi connectivity index (χ1) is 9.20. The van der Waals surface area contributed by atoms with Gasteiger partial charge in [0, 0.05) is 25.3 Å². The first kappa shape index (κ1) is 14.8. The highest BCUT2D eigenvalue weighted by molar-refractivity contribution is 9.10. The number of hydrogen-bond donors (Lipinski definition) is 1. The lowest BCUT2D eigenvalue weighted by Gasteiger charge is -2.32. The van der Waals surface area contributed by atoms with Gasteiger partial charge in [0.2, 0.25) is 0 Å². The summed E-state index contributed by atoms with van der Waals surface area (Å²) < 4.78 is 6.61. The van der Waals surface area contributed by atoms with E-state index in [1.54, 1.807) is 0 Å². The van der Waals surface area contributed by atoms with Crippen LogP contribution in [-0.4, -0.2) is 35.8 Å². The highest BCUT2D eigenvalue weighted by Gasteiger charge is 2.21. The minimum Gasteiger partial charge on any atom is -0.506 e. The summed E-state index contributed by atoms with van der Waals surface area (Å²) in [5.74, 6) is 0.360. The van der Waals surface area contributed by atoms with Crippen molar-refractivity contribution in [3.8, 4) is 5.75 Å². The van der Waals surface area contributed by atoms with Gasteiger partial charge in [0.05, 0.1) is 10.6 Å². The molecular formula is C15H22BrNO2. The molecule has 0 aromatic heterocycles. The van der Waals surface area contributed by atoms with E-state index >= 15 is 0 Å². The van der Waals surface area contributed by atoms with Gasteiger partial charge in [-0.1, -0.05) is 19.1 Å². The van der Waals surface area contributed by atoms with Gasteiger partial charge >= 0.3 is 0 Å². The van der Waals surface area contributed by atoms with Crippen LogP contribution in [0.5, 0.6) is 5.75 Å². The van der Waals surface area contributed by atoms with E-state index in [-0.39, 0.29) is 0 Å². The van der Waals surface area contributed by atoms with Crippen LogP contribution in [0.1, 0.15) is 31.7 Å². The number of phenolic OH excluding ortho intramolecular Hbond substituents is 1. The highest BCUT2D eigenvalue weighted by atomic mass is 79.9. The third kappa shape index (κ3) is 4.20. The fraction of sp³-hybridized carbons (Fsp3) is 0.600. The number of para-hydroxylation sites is 1. The van der Waals surface area contributed by atoms with Crippen LogP contribution in [0, 0.1) is 0 Å². The van der Waals surface area contributed by atoms with E-state index in [2.05, 4.69) is 27.8 Å². The molecule has 1 aliphatic rings. The van der Waals surface area contributed by atoms with Crippen LogP contribution in [0.4, 0.5) is 0 Å². The molecule has 0 amide bonds. The molecule has 2 rings (SSSR count). The maximum absolute atomic E-state index is 10.0. The molecule has 0 saturated carbocycles. The van der Waals surface area contributed by atoms with E-state index in [0.29, 0.717) is 11.9 Å². The number of hydrogen-bond acceptors (Lipinski definition) is 3. The molecule has 106 valence electrons. The normalized spacial score (nSPS) is 20.6. The van der Waals surface area contributed by atoms with Crippen molar-refractivity contribution in [2.24, 2.45) is 0 Å². The number of halogens is 1. The van der Waals surface area contributed by atoms with Gasteiger partial charge in [-0.15, -0.1) is 0 Å². The van der Waals surface area contributed by atoms with Crippen LogP contribution in [0.15, 0.2) is 22.7 Å². The predicted molar refractivity (Wildman–Crippen MR) is 80.3 cm³/mol. The lowest BCUT2D eigenvalue weighted by Crippen LogP contribution is -2.39. The van der Waals surface area contributed by atoms with Gasteiger partial charge in [-0.3, -0.25) is 4.90 Å². The Kier molecular flexibility index (Phi) is 5.67. The molecular weight excluding hydrogens is 306 g/mol. The molecule has 0 aliphatic carbocycles. The summed E-state index contributed by atoms with van der Waals surface area (Å²) in [5, 5.41) is 10.0. The van der Waals surface area contributed by atoms with Crippen molar-refractivity contribution in [2.75, 3.05) is 19.7 Å². The predicted octanol–water partition coefficient (Wildman–Crippen LogP) is 3.55. The molecule has 3 nitrogen and oxygen atoms in total. The number of rotatable bonds is 5. The van der Waals surface area contributed by atoms with Crippen molar-refractivity contribution in [2.45, 2.75) is 38.8 Å².